The van der Waals surface area contributed by atoms with Gasteiger partial charge in [-0.05, 0) is 45.1 Å². The maximum absolute atomic E-state index is 11.8. The Kier molecular flexibility index (Phi) is 11.4. The van der Waals surface area contributed by atoms with Crippen molar-refractivity contribution in [1.29, 1.82) is 0 Å². The number of hydrogen-bond acceptors (Lipinski definition) is 4. The molecule has 0 aromatic rings. The summed E-state index contributed by atoms with van der Waals surface area (Å²) in [7, 11) is 1.82. The van der Waals surface area contributed by atoms with Crippen LogP contribution in [0.2, 0.25) is 0 Å². The van der Waals surface area contributed by atoms with E-state index in [1.165, 1.54) is 25.9 Å². The Morgan fingerprint density at radius 1 is 1.22 bits per heavy atom. The van der Waals surface area contributed by atoms with E-state index in [1.807, 2.05) is 14.0 Å². The highest BCUT2D eigenvalue weighted by atomic mass is 127. The molecular formula is C19H38IN5O2. The molecule has 0 unspecified atom stereocenters. The summed E-state index contributed by atoms with van der Waals surface area (Å²) in [6.07, 6.45) is 4.19. The Labute approximate surface area is 181 Å². The zero-order valence-electron chi connectivity index (χ0n) is 17.4. The minimum absolute atomic E-state index is 0. The zero-order chi connectivity index (χ0) is 18.9. The predicted molar refractivity (Wildman–Crippen MR) is 121 cm³/mol. The summed E-state index contributed by atoms with van der Waals surface area (Å²) in [6, 6.07) is 0.948. The molecule has 2 aliphatic rings. The van der Waals surface area contributed by atoms with Crippen LogP contribution in [0.1, 0.15) is 46.5 Å². The number of aliphatic imine (C=N–C) groups is 1. The van der Waals surface area contributed by atoms with E-state index in [0.29, 0.717) is 24.6 Å². The van der Waals surface area contributed by atoms with Gasteiger partial charge in [-0.15, -0.1) is 24.0 Å². The highest BCUT2D eigenvalue weighted by Crippen LogP contribution is 2.18. The average Bonchev–Trinajstić information content (AvgIpc) is 3.05. The molecule has 0 spiro atoms. The fraction of sp³-hybridized carbons (Fsp3) is 0.895. The van der Waals surface area contributed by atoms with Crippen LogP contribution in [-0.4, -0.2) is 80.3 Å². The standard InChI is InChI=1S/C19H37N5O2.HI/c1-5-26-19(25)23-11-8-16(9-12-23)22-18(20-4)21-13-17-7-6-10-24(17)14-15(2)3;/h15-17H,5-14H2,1-4H3,(H2,20,21,22);1H/t17-;/m1./s1. The van der Waals surface area contributed by atoms with Gasteiger partial charge < -0.3 is 20.3 Å². The minimum Gasteiger partial charge on any atom is -0.450 e. The number of nitrogens with zero attached hydrogens (tertiary/aromatic N) is 3. The lowest BCUT2D eigenvalue weighted by Crippen LogP contribution is -2.51. The molecule has 158 valence electrons. The number of piperidine rings is 1. The Bertz CT molecular complexity index is 467. The lowest BCUT2D eigenvalue weighted by molar-refractivity contribution is 0.0963. The summed E-state index contributed by atoms with van der Waals surface area (Å²) in [5, 5.41) is 7.03. The summed E-state index contributed by atoms with van der Waals surface area (Å²) < 4.78 is 5.08. The number of rotatable bonds is 6. The topological polar surface area (TPSA) is 69.2 Å². The summed E-state index contributed by atoms with van der Waals surface area (Å²) in [5.41, 5.74) is 0. The Morgan fingerprint density at radius 2 is 1.93 bits per heavy atom. The molecule has 2 saturated heterocycles. The van der Waals surface area contributed by atoms with Gasteiger partial charge in [0.05, 0.1) is 6.61 Å². The fourth-order valence-electron chi connectivity index (χ4n) is 3.86. The van der Waals surface area contributed by atoms with Gasteiger partial charge in [-0.2, -0.15) is 0 Å². The summed E-state index contributed by atoms with van der Waals surface area (Å²) in [4.78, 5) is 20.6. The third kappa shape index (κ3) is 8.01. The average molecular weight is 495 g/mol. The van der Waals surface area contributed by atoms with E-state index >= 15 is 0 Å². The lowest BCUT2D eigenvalue weighted by atomic mass is 10.1. The highest BCUT2D eigenvalue weighted by molar-refractivity contribution is 14.0. The van der Waals surface area contributed by atoms with Gasteiger partial charge in [0.15, 0.2) is 5.96 Å². The first-order chi connectivity index (χ1) is 12.5. The van der Waals surface area contributed by atoms with E-state index < -0.39 is 0 Å². The molecule has 0 aromatic heterocycles. The number of likely N-dealkylation sites (tertiary alicyclic amines) is 2. The summed E-state index contributed by atoms with van der Waals surface area (Å²) in [6.45, 7) is 11.6. The first kappa shape index (κ1) is 24.3. The van der Waals surface area contributed by atoms with Crippen LogP contribution in [0.5, 0.6) is 0 Å². The van der Waals surface area contributed by atoms with E-state index in [-0.39, 0.29) is 30.1 Å². The number of ether oxygens (including phenoxy) is 1. The van der Waals surface area contributed by atoms with Gasteiger partial charge in [0.1, 0.15) is 0 Å². The van der Waals surface area contributed by atoms with Crippen molar-refractivity contribution in [1.82, 2.24) is 20.4 Å². The molecule has 2 aliphatic heterocycles. The predicted octanol–water partition coefficient (Wildman–Crippen LogP) is 2.51. The first-order valence-electron chi connectivity index (χ1n) is 10.2. The van der Waals surface area contributed by atoms with Crippen LogP contribution >= 0.6 is 24.0 Å². The first-order valence-corrected chi connectivity index (χ1v) is 10.2. The van der Waals surface area contributed by atoms with Crippen LogP contribution in [0.25, 0.3) is 0 Å². The van der Waals surface area contributed by atoms with Crippen LogP contribution in [-0.2, 0) is 4.74 Å². The van der Waals surface area contributed by atoms with Gasteiger partial charge in [-0.1, -0.05) is 13.8 Å². The second-order valence-corrected chi connectivity index (χ2v) is 7.74. The number of halogens is 1. The maximum Gasteiger partial charge on any atom is 0.409 e. The van der Waals surface area contributed by atoms with Gasteiger partial charge >= 0.3 is 6.09 Å². The number of hydrogen-bond donors (Lipinski definition) is 2. The summed E-state index contributed by atoms with van der Waals surface area (Å²) >= 11 is 0. The van der Waals surface area contributed by atoms with Crippen LogP contribution in [0.3, 0.4) is 0 Å². The largest absolute Gasteiger partial charge is 0.450 e. The molecule has 27 heavy (non-hydrogen) atoms. The Morgan fingerprint density at radius 3 is 2.52 bits per heavy atom. The van der Waals surface area contributed by atoms with Crippen molar-refractivity contribution in [2.24, 2.45) is 10.9 Å². The second kappa shape index (κ2) is 12.6. The molecule has 1 amide bonds. The second-order valence-electron chi connectivity index (χ2n) is 7.74. The number of guanidine groups is 1. The van der Waals surface area contributed by atoms with Crippen molar-refractivity contribution in [3.63, 3.8) is 0 Å². The van der Waals surface area contributed by atoms with Crippen LogP contribution in [0.4, 0.5) is 4.79 Å². The van der Waals surface area contributed by atoms with E-state index in [0.717, 1.165) is 38.4 Å². The van der Waals surface area contributed by atoms with Crippen molar-refractivity contribution in [3.8, 4) is 0 Å². The number of nitrogens with one attached hydrogen (secondary N) is 2. The lowest BCUT2D eigenvalue weighted by Gasteiger charge is -2.33. The van der Waals surface area contributed by atoms with Gasteiger partial charge in [-0.3, -0.25) is 9.89 Å². The maximum atomic E-state index is 11.8. The zero-order valence-corrected chi connectivity index (χ0v) is 19.7. The van der Waals surface area contributed by atoms with E-state index in [4.69, 9.17) is 4.74 Å². The molecule has 8 heteroatoms. The van der Waals surface area contributed by atoms with Crippen molar-refractivity contribution in [2.75, 3.05) is 46.4 Å². The molecule has 2 fully saturated rings. The summed E-state index contributed by atoms with van der Waals surface area (Å²) in [5.74, 6) is 1.58. The van der Waals surface area contributed by atoms with E-state index in [1.54, 1.807) is 4.90 Å². The van der Waals surface area contributed by atoms with Gasteiger partial charge in [0.2, 0.25) is 0 Å². The molecule has 0 aliphatic carbocycles. The van der Waals surface area contributed by atoms with Gasteiger partial charge in [0, 0.05) is 45.3 Å². The molecular weight excluding hydrogens is 457 g/mol. The quantitative estimate of drug-likeness (QED) is 0.337. The minimum atomic E-state index is -0.195. The molecule has 0 radical (unpaired) electrons. The SMILES string of the molecule is CCOC(=O)N1CCC(NC(=NC)NC[C@H]2CCCN2CC(C)C)CC1.I. The molecule has 7 nitrogen and oxygen atoms in total. The molecule has 0 bridgehead atoms. The normalized spacial score (nSPS) is 21.9. The number of amides is 1. The van der Waals surface area contributed by atoms with Gasteiger partial charge in [-0.25, -0.2) is 4.79 Å². The van der Waals surface area contributed by atoms with Crippen molar-refractivity contribution in [2.45, 2.75) is 58.5 Å². The van der Waals surface area contributed by atoms with Crippen molar-refractivity contribution >= 4 is 36.0 Å². The molecule has 0 aromatic carbocycles. The van der Waals surface area contributed by atoms with E-state index in [9.17, 15) is 4.79 Å². The van der Waals surface area contributed by atoms with Crippen LogP contribution in [0, 0.1) is 5.92 Å². The number of carbonyl (C=O) groups is 1. The van der Waals surface area contributed by atoms with E-state index in [2.05, 4.69) is 34.4 Å². The highest BCUT2D eigenvalue weighted by Gasteiger charge is 2.26. The van der Waals surface area contributed by atoms with Crippen molar-refractivity contribution in [3.05, 3.63) is 0 Å². The molecule has 2 rings (SSSR count). The smallest absolute Gasteiger partial charge is 0.409 e. The third-order valence-corrected chi connectivity index (χ3v) is 5.19. The molecule has 1 atom stereocenters. The fourth-order valence-corrected chi connectivity index (χ4v) is 3.86. The monoisotopic (exact) mass is 495 g/mol. The number of carbonyl (C=O) groups excluding carboxylic acids is 1. The molecule has 2 N–H and O–H groups in total. The Balaban J connectivity index is 0.00000364. The third-order valence-electron chi connectivity index (χ3n) is 5.19. The molecule has 0 saturated carbocycles. The Hall–Kier alpha value is -0.770. The van der Waals surface area contributed by atoms with Gasteiger partial charge in [0.25, 0.3) is 0 Å². The van der Waals surface area contributed by atoms with Crippen molar-refractivity contribution < 1.29 is 9.53 Å². The van der Waals surface area contributed by atoms with Crippen LogP contribution < -0.4 is 10.6 Å². The van der Waals surface area contributed by atoms with Crippen LogP contribution in [0.15, 0.2) is 4.99 Å². The molecule has 2 heterocycles.